The van der Waals surface area contributed by atoms with Gasteiger partial charge in [0, 0.05) is 34.7 Å². The lowest BCUT2D eigenvalue weighted by molar-refractivity contribution is -0.138. The fourth-order valence-electron chi connectivity index (χ4n) is 5.00. The summed E-state index contributed by atoms with van der Waals surface area (Å²) in [4.78, 5) is 17.5. The van der Waals surface area contributed by atoms with Crippen molar-refractivity contribution in [3.8, 4) is 10.4 Å². The van der Waals surface area contributed by atoms with E-state index in [1.807, 2.05) is 29.2 Å². The minimum atomic E-state index is -0.450. The largest absolute Gasteiger partial charge is 0.396 e. The molecule has 2 N–H and O–H groups in total. The molecule has 174 valence electrons. The predicted octanol–water partition coefficient (Wildman–Crippen LogP) is 5.86. The van der Waals surface area contributed by atoms with E-state index in [0.717, 1.165) is 33.7 Å². The van der Waals surface area contributed by atoms with Crippen LogP contribution in [0.15, 0.2) is 66.7 Å². The average molecular weight is 464 g/mol. The summed E-state index contributed by atoms with van der Waals surface area (Å²) in [6.45, 7) is 4.75. The maximum Gasteiger partial charge on any atom is 0.223 e. The summed E-state index contributed by atoms with van der Waals surface area (Å²) in [5.41, 5.74) is 3.26. The molecule has 3 atom stereocenters. The smallest absolute Gasteiger partial charge is 0.223 e. The number of nitrogens with zero attached hydrogens (tertiary/aromatic N) is 1. The van der Waals surface area contributed by atoms with Crippen LogP contribution in [0.3, 0.4) is 0 Å². The van der Waals surface area contributed by atoms with Gasteiger partial charge in [-0.2, -0.15) is 0 Å². The number of benzene rings is 2. The molecule has 1 amide bonds. The van der Waals surface area contributed by atoms with E-state index < -0.39 is 6.10 Å². The van der Waals surface area contributed by atoms with E-state index in [0.29, 0.717) is 19.4 Å². The van der Waals surface area contributed by atoms with Crippen molar-refractivity contribution in [1.29, 1.82) is 0 Å². The number of hydrogen-bond acceptors (Lipinski definition) is 4. The zero-order valence-corrected chi connectivity index (χ0v) is 20.2. The van der Waals surface area contributed by atoms with Crippen molar-refractivity contribution in [2.75, 3.05) is 13.2 Å². The Bertz CT molecular complexity index is 1060. The van der Waals surface area contributed by atoms with Gasteiger partial charge in [-0.25, -0.2) is 0 Å². The molecule has 0 spiro atoms. The van der Waals surface area contributed by atoms with Crippen LogP contribution in [-0.2, 0) is 10.2 Å². The van der Waals surface area contributed by atoms with Gasteiger partial charge in [0.2, 0.25) is 5.91 Å². The molecule has 2 aromatic carbocycles. The lowest BCUT2D eigenvalue weighted by atomic mass is 9.69. The molecule has 4 nitrogen and oxygen atoms in total. The van der Waals surface area contributed by atoms with Crippen molar-refractivity contribution in [2.45, 2.75) is 57.1 Å². The number of likely N-dealkylation sites (tertiary alicyclic amines) is 1. The Morgan fingerprint density at radius 2 is 1.76 bits per heavy atom. The highest BCUT2D eigenvalue weighted by Gasteiger charge is 2.41. The zero-order valence-electron chi connectivity index (χ0n) is 19.4. The van der Waals surface area contributed by atoms with Crippen LogP contribution in [0.4, 0.5) is 0 Å². The molecule has 2 heterocycles. The highest BCUT2D eigenvalue weighted by Crippen LogP contribution is 2.42. The van der Waals surface area contributed by atoms with Crippen LogP contribution in [0.1, 0.15) is 67.7 Å². The molecule has 1 aliphatic rings. The van der Waals surface area contributed by atoms with Crippen LogP contribution in [0, 0.1) is 0 Å². The van der Waals surface area contributed by atoms with Crippen LogP contribution in [0.2, 0.25) is 0 Å². The van der Waals surface area contributed by atoms with Crippen LogP contribution < -0.4 is 0 Å². The number of carbonyl (C=O) groups is 1. The third-order valence-electron chi connectivity index (χ3n) is 7.02. The monoisotopic (exact) mass is 463 g/mol. The SMILES string of the molecule is CC(O)c1ccc(-c2ccc([C@H](C)N3CC[C@](CCCO)(c4ccccc4)CC3=O)cc2)s1. The molecule has 33 heavy (non-hydrogen) atoms. The second kappa shape index (κ2) is 10.2. The number of hydrogen-bond donors (Lipinski definition) is 2. The Morgan fingerprint density at radius 1 is 1.03 bits per heavy atom. The van der Waals surface area contributed by atoms with E-state index in [1.165, 1.54) is 5.56 Å². The van der Waals surface area contributed by atoms with E-state index in [9.17, 15) is 15.0 Å². The Balaban J connectivity index is 1.49. The van der Waals surface area contributed by atoms with Gasteiger partial charge in [0.1, 0.15) is 0 Å². The number of amides is 1. The maximum absolute atomic E-state index is 13.4. The van der Waals surface area contributed by atoms with Gasteiger partial charge < -0.3 is 15.1 Å². The standard InChI is InChI=1S/C28H33NO3S/c1-20(22-9-11-23(12-10-22)26-14-13-25(33-26)21(2)31)29-17-16-28(15-6-18-30,19-27(29)32)24-7-4-3-5-8-24/h3-5,7-14,20-21,30-31H,6,15-19H2,1-2H3/t20-,21?,28-/m0/s1. The zero-order chi connectivity index (χ0) is 23.4. The van der Waals surface area contributed by atoms with Crippen molar-refractivity contribution in [1.82, 2.24) is 4.90 Å². The Labute approximate surface area is 200 Å². The van der Waals surface area contributed by atoms with E-state index in [-0.39, 0.29) is 24.0 Å². The molecule has 4 rings (SSSR count). The first kappa shape index (κ1) is 23.7. The van der Waals surface area contributed by atoms with Crippen LogP contribution in [-0.4, -0.2) is 34.2 Å². The van der Waals surface area contributed by atoms with Crippen molar-refractivity contribution in [2.24, 2.45) is 0 Å². The van der Waals surface area contributed by atoms with E-state index in [2.05, 4.69) is 49.4 Å². The van der Waals surface area contributed by atoms with Crippen LogP contribution in [0.25, 0.3) is 10.4 Å². The first-order chi connectivity index (χ1) is 15.9. The molecule has 0 radical (unpaired) electrons. The van der Waals surface area contributed by atoms with Gasteiger partial charge in [-0.15, -0.1) is 11.3 Å². The maximum atomic E-state index is 13.4. The van der Waals surface area contributed by atoms with Crippen molar-refractivity contribution in [3.63, 3.8) is 0 Å². The molecule has 3 aromatic rings. The second-order valence-electron chi connectivity index (χ2n) is 9.16. The van der Waals surface area contributed by atoms with Crippen molar-refractivity contribution >= 4 is 17.2 Å². The normalized spacial score (nSPS) is 20.6. The summed E-state index contributed by atoms with van der Waals surface area (Å²) in [5.74, 6) is 0.180. The average Bonchev–Trinajstić information content (AvgIpc) is 3.34. The van der Waals surface area contributed by atoms with E-state index in [4.69, 9.17) is 0 Å². The van der Waals surface area contributed by atoms with Crippen molar-refractivity contribution in [3.05, 3.63) is 82.7 Å². The molecule has 1 unspecified atom stereocenters. The predicted molar refractivity (Wildman–Crippen MR) is 134 cm³/mol. The van der Waals surface area contributed by atoms with Crippen molar-refractivity contribution < 1.29 is 15.0 Å². The highest BCUT2D eigenvalue weighted by molar-refractivity contribution is 7.15. The first-order valence-electron chi connectivity index (χ1n) is 11.8. The van der Waals surface area contributed by atoms with Crippen LogP contribution in [0.5, 0.6) is 0 Å². The van der Waals surface area contributed by atoms with Crippen LogP contribution >= 0.6 is 11.3 Å². The second-order valence-corrected chi connectivity index (χ2v) is 10.3. The summed E-state index contributed by atoms with van der Waals surface area (Å²) in [5, 5.41) is 19.2. The number of rotatable bonds is 8. The number of aliphatic hydroxyl groups excluding tert-OH is 2. The quantitative estimate of drug-likeness (QED) is 0.440. The summed E-state index contributed by atoms with van der Waals surface area (Å²) in [6.07, 6.45) is 2.47. The number of aliphatic hydroxyl groups is 2. The molecule has 5 heteroatoms. The van der Waals surface area contributed by atoms with E-state index >= 15 is 0 Å². The summed E-state index contributed by atoms with van der Waals surface area (Å²) in [7, 11) is 0. The lowest BCUT2D eigenvalue weighted by Gasteiger charge is -2.44. The van der Waals surface area contributed by atoms with Gasteiger partial charge in [0.05, 0.1) is 12.1 Å². The summed E-state index contributed by atoms with van der Waals surface area (Å²) < 4.78 is 0. The van der Waals surface area contributed by atoms with Gasteiger partial charge in [-0.1, -0.05) is 54.6 Å². The third kappa shape index (κ3) is 5.06. The van der Waals surface area contributed by atoms with Gasteiger partial charge >= 0.3 is 0 Å². The molecular weight excluding hydrogens is 430 g/mol. The Morgan fingerprint density at radius 3 is 2.36 bits per heavy atom. The minimum Gasteiger partial charge on any atom is -0.396 e. The highest BCUT2D eigenvalue weighted by atomic mass is 32.1. The molecule has 1 saturated heterocycles. The van der Waals surface area contributed by atoms with Gasteiger partial charge in [-0.05, 0) is 61.9 Å². The lowest BCUT2D eigenvalue weighted by Crippen LogP contribution is -2.47. The topological polar surface area (TPSA) is 60.8 Å². The summed E-state index contributed by atoms with van der Waals surface area (Å²) in [6, 6.07) is 22.8. The number of thiophene rings is 1. The first-order valence-corrected chi connectivity index (χ1v) is 12.6. The third-order valence-corrected chi connectivity index (χ3v) is 8.33. The van der Waals surface area contributed by atoms with Gasteiger partial charge in [0.15, 0.2) is 0 Å². The molecule has 0 aliphatic carbocycles. The Hall–Kier alpha value is -2.47. The van der Waals surface area contributed by atoms with Gasteiger partial charge in [0.25, 0.3) is 0 Å². The summed E-state index contributed by atoms with van der Waals surface area (Å²) >= 11 is 1.61. The number of carbonyl (C=O) groups excluding carboxylic acids is 1. The number of piperidine rings is 1. The van der Waals surface area contributed by atoms with Gasteiger partial charge in [-0.3, -0.25) is 4.79 Å². The minimum absolute atomic E-state index is 0.00882. The molecule has 1 aliphatic heterocycles. The molecule has 1 fully saturated rings. The fourth-order valence-corrected chi connectivity index (χ4v) is 5.95. The molecule has 0 saturated carbocycles. The fraction of sp³-hybridized carbons (Fsp3) is 0.393. The van der Waals surface area contributed by atoms with E-state index in [1.54, 1.807) is 18.3 Å². The molecule has 1 aromatic heterocycles. The molecular formula is C28H33NO3S. The molecule has 0 bridgehead atoms. The Kier molecular flexibility index (Phi) is 7.32.